The molecule has 0 aliphatic carbocycles. The molecule has 0 unspecified atom stereocenters. The van der Waals surface area contributed by atoms with Gasteiger partial charge in [-0.3, -0.25) is 4.31 Å². The molecule has 1 aromatic heterocycles. The van der Waals surface area contributed by atoms with Crippen LogP contribution in [-0.4, -0.2) is 38.3 Å². The van der Waals surface area contributed by atoms with Crippen LogP contribution in [0.3, 0.4) is 0 Å². The van der Waals surface area contributed by atoms with Crippen LogP contribution in [-0.2, 0) is 16.4 Å². The monoisotopic (exact) mass is 452 g/mol. The number of aromatic nitrogens is 1. The number of benzene rings is 2. The van der Waals surface area contributed by atoms with Crippen molar-refractivity contribution in [2.75, 3.05) is 28.5 Å². The highest BCUT2D eigenvalue weighted by Crippen LogP contribution is 2.29. The van der Waals surface area contributed by atoms with Crippen LogP contribution in [0.25, 0.3) is 0 Å². The Kier molecular flexibility index (Phi) is 6.27. The van der Waals surface area contributed by atoms with E-state index in [4.69, 9.17) is 4.74 Å². The summed E-state index contributed by atoms with van der Waals surface area (Å²) in [7, 11) is -3.52. The molecule has 3 aromatic rings. The molecule has 2 heterocycles. The van der Waals surface area contributed by atoms with Gasteiger partial charge in [-0.25, -0.2) is 18.2 Å². The second-order valence-corrected chi connectivity index (χ2v) is 9.46. The fraction of sp³-hybridized carbons (Fsp3) is 0.217. The van der Waals surface area contributed by atoms with E-state index in [1.165, 1.54) is 10.5 Å². The average molecular weight is 453 g/mol. The second-order valence-electron chi connectivity index (χ2n) is 7.45. The van der Waals surface area contributed by atoms with Crippen molar-refractivity contribution in [3.05, 3.63) is 78.0 Å². The SMILES string of the molecule is Cc1ccc(Oc2ccc(NC(=O)NCCS(=O)(=O)N3CCc4ccccc43)cn2)cc1. The van der Waals surface area contributed by atoms with Gasteiger partial charge in [-0.2, -0.15) is 0 Å². The molecule has 1 aliphatic rings. The number of aryl methyl sites for hydroxylation is 1. The van der Waals surface area contributed by atoms with E-state index >= 15 is 0 Å². The minimum absolute atomic E-state index is 0.00508. The largest absolute Gasteiger partial charge is 0.439 e. The van der Waals surface area contributed by atoms with Crippen LogP contribution in [0.2, 0.25) is 0 Å². The van der Waals surface area contributed by atoms with E-state index in [1.54, 1.807) is 18.2 Å². The van der Waals surface area contributed by atoms with E-state index in [1.807, 2.05) is 49.4 Å². The van der Waals surface area contributed by atoms with Crippen LogP contribution >= 0.6 is 0 Å². The molecule has 0 fully saturated rings. The molecular formula is C23H24N4O4S. The molecule has 1 aliphatic heterocycles. The molecule has 2 aromatic carbocycles. The van der Waals surface area contributed by atoms with Crippen molar-refractivity contribution in [3.8, 4) is 11.6 Å². The van der Waals surface area contributed by atoms with Crippen molar-refractivity contribution in [2.45, 2.75) is 13.3 Å². The van der Waals surface area contributed by atoms with Gasteiger partial charge in [0.1, 0.15) is 5.75 Å². The van der Waals surface area contributed by atoms with Gasteiger partial charge in [0.15, 0.2) is 0 Å². The molecule has 2 amide bonds. The number of fused-ring (bicyclic) bond motifs is 1. The predicted octanol–water partition coefficient (Wildman–Crippen LogP) is 3.70. The van der Waals surface area contributed by atoms with Gasteiger partial charge in [-0.05, 0) is 43.2 Å². The van der Waals surface area contributed by atoms with Gasteiger partial charge >= 0.3 is 6.03 Å². The summed E-state index contributed by atoms with van der Waals surface area (Å²) in [6.07, 6.45) is 2.17. The molecule has 0 saturated carbocycles. The van der Waals surface area contributed by atoms with Crippen LogP contribution < -0.4 is 19.7 Å². The van der Waals surface area contributed by atoms with Crippen molar-refractivity contribution in [1.29, 1.82) is 0 Å². The molecule has 166 valence electrons. The Morgan fingerprint density at radius 1 is 1.09 bits per heavy atom. The van der Waals surface area contributed by atoms with Gasteiger partial charge in [0.25, 0.3) is 0 Å². The first kappa shape index (κ1) is 21.6. The van der Waals surface area contributed by atoms with Crippen molar-refractivity contribution in [3.63, 3.8) is 0 Å². The first-order valence-electron chi connectivity index (χ1n) is 10.2. The number of sulfonamides is 1. The smallest absolute Gasteiger partial charge is 0.319 e. The third-order valence-corrected chi connectivity index (χ3v) is 6.83. The number of nitrogens with one attached hydrogen (secondary N) is 2. The lowest BCUT2D eigenvalue weighted by Gasteiger charge is -2.19. The van der Waals surface area contributed by atoms with E-state index < -0.39 is 16.1 Å². The molecule has 0 radical (unpaired) electrons. The Morgan fingerprint density at radius 2 is 1.88 bits per heavy atom. The van der Waals surface area contributed by atoms with Crippen LogP contribution in [0.5, 0.6) is 11.6 Å². The molecule has 9 heteroatoms. The maximum Gasteiger partial charge on any atom is 0.319 e. The Bertz CT molecular complexity index is 1200. The summed E-state index contributed by atoms with van der Waals surface area (Å²) >= 11 is 0. The van der Waals surface area contributed by atoms with Gasteiger partial charge < -0.3 is 15.4 Å². The molecule has 0 saturated heterocycles. The highest BCUT2D eigenvalue weighted by atomic mass is 32.2. The summed E-state index contributed by atoms with van der Waals surface area (Å²) in [5.74, 6) is 0.885. The Balaban J connectivity index is 1.25. The summed E-state index contributed by atoms with van der Waals surface area (Å²) < 4.78 is 32.4. The fourth-order valence-corrected chi connectivity index (χ4v) is 4.85. The summed E-state index contributed by atoms with van der Waals surface area (Å²) in [5, 5.41) is 5.21. The highest BCUT2D eigenvalue weighted by Gasteiger charge is 2.28. The first-order valence-corrected chi connectivity index (χ1v) is 11.9. The van der Waals surface area contributed by atoms with Crippen molar-refractivity contribution in [2.24, 2.45) is 0 Å². The predicted molar refractivity (Wildman–Crippen MR) is 124 cm³/mol. The normalized spacial score (nSPS) is 12.8. The number of carbonyl (C=O) groups is 1. The number of ether oxygens (including phenoxy) is 1. The van der Waals surface area contributed by atoms with Crippen LogP contribution in [0.4, 0.5) is 16.2 Å². The number of hydrogen-bond donors (Lipinski definition) is 2. The van der Waals surface area contributed by atoms with Gasteiger partial charge in [-0.1, -0.05) is 35.9 Å². The molecule has 2 N–H and O–H groups in total. The quantitative estimate of drug-likeness (QED) is 0.569. The molecule has 0 spiro atoms. The maximum atomic E-state index is 12.7. The number of para-hydroxylation sites is 1. The number of pyridine rings is 1. The number of nitrogens with zero attached hydrogens (tertiary/aromatic N) is 2. The van der Waals surface area contributed by atoms with E-state index in [0.29, 0.717) is 30.3 Å². The van der Waals surface area contributed by atoms with Gasteiger partial charge in [0.05, 0.1) is 23.3 Å². The van der Waals surface area contributed by atoms with Gasteiger partial charge in [0.2, 0.25) is 15.9 Å². The van der Waals surface area contributed by atoms with Crippen molar-refractivity contribution >= 4 is 27.4 Å². The minimum atomic E-state index is -3.52. The van der Waals surface area contributed by atoms with Crippen LogP contribution in [0.1, 0.15) is 11.1 Å². The standard InChI is InChI=1S/C23H24N4O4S/c1-17-6-9-20(10-7-17)31-22-11-8-19(16-25-22)26-23(28)24-13-15-32(29,30)27-14-12-18-4-2-3-5-21(18)27/h2-11,16H,12-15H2,1H3,(H2,24,26,28). The molecule has 32 heavy (non-hydrogen) atoms. The Morgan fingerprint density at radius 3 is 2.62 bits per heavy atom. The molecule has 8 nitrogen and oxygen atoms in total. The lowest BCUT2D eigenvalue weighted by atomic mass is 10.2. The summed E-state index contributed by atoms with van der Waals surface area (Å²) in [6, 6.07) is 17.9. The Hall–Kier alpha value is -3.59. The lowest BCUT2D eigenvalue weighted by Crippen LogP contribution is -2.38. The molecular weight excluding hydrogens is 428 g/mol. The van der Waals surface area contributed by atoms with E-state index in [0.717, 1.165) is 16.8 Å². The number of rotatable bonds is 7. The molecule has 4 rings (SSSR count). The number of amides is 2. The molecule has 0 atom stereocenters. The van der Waals surface area contributed by atoms with Crippen molar-refractivity contribution in [1.82, 2.24) is 10.3 Å². The summed E-state index contributed by atoms with van der Waals surface area (Å²) in [6.45, 7) is 2.42. The number of carbonyl (C=O) groups excluding carboxylic acids is 1. The average Bonchev–Trinajstić information content (AvgIpc) is 3.22. The van der Waals surface area contributed by atoms with Crippen molar-refractivity contribution < 1.29 is 17.9 Å². The molecule has 0 bridgehead atoms. The van der Waals surface area contributed by atoms with Gasteiger partial charge in [0, 0.05) is 19.2 Å². The van der Waals surface area contributed by atoms with E-state index in [9.17, 15) is 13.2 Å². The fourth-order valence-electron chi connectivity index (χ4n) is 3.42. The van der Waals surface area contributed by atoms with Gasteiger partial charge in [-0.15, -0.1) is 0 Å². The van der Waals surface area contributed by atoms with Crippen LogP contribution in [0.15, 0.2) is 66.9 Å². The maximum absolute atomic E-state index is 12.7. The number of anilines is 2. The Labute approximate surface area is 187 Å². The van der Waals surface area contributed by atoms with E-state index in [-0.39, 0.29) is 12.3 Å². The third kappa shape index (κ3) is 5.17. The second kappa shape index (κ2) is 9.27. The summed E-state index contributed by atoms with van der Waals surface area (Å²) in [4.78, 5) is 16.3. The topological polar surface area (TPSA) is 101 Å². The zero-order valence-corrected chi connectivity index (χ0v) is 18.4. The lowest BCUT2D eigenvalue weighted by molar-refractivity contribution is 0.252. The first-order chi connectivity index (χ1) is 15.4. The highest BCUT2D eigenvalue weighted by molar-refractivity contribution is 7.92. The number of hydrogen-bond acceptors (Lipinski definition) is 5. The number of urea groups is 1. The minimum Gasteiger partial charge on any atom is -0.439 e. The zero-order valence-electron chi connectivity index (χ0n) is 17.6. The van der Waals surface area contributed by atoms with Crippen LogP contribution in [0, 0.1) is 6.92 Å². The van der Waals surface area contributed by atoms with E-state index in [2.05, 4.69) is 15.6 Å². The zero-order chi connectivity index (χ0) is 22.6. The third-order valence-electron chi connectivity index (χ3n) is 5.06. The summed E-state index contributed by atoms with van der Waals surface area (Å²) in [5.41, 5.74) is 3.34.